The van der Waals surface area contributed by atoms with Crippen molar-refractivity contribution >= 4 is 8.32 Å². The minimum absolute atomic E-state index is 0.837. The van der Waals surface area contributed by atoms with Crippen LogP contribution in [0.2, 0.25) is 19.6 Å². The Labute approximate surface area is 80.9 Å². The van der Waals surface area contributed by atoms with Gasteiger partial charge in [0.1, 0.15) is 5.75 Å². The Morgan fingerprint density at radius 2 is 1.85 bits per heavy atom. The van der Waals surface area contributed by atoms with E-state index in [9.17, 15) is 0 Å². The number of rotatable bonds is 2. The summed E-state index contributed by atoms with van der Waals surface area (Å²) in [6.45, 7) is 6.42. The average Bonchev–Trinajstić information content (AvgIpc) is 2.02. The van der Waals surface area contributed by atoms with Gasteiger partial charge in [-0.15, -0.1) is 6.42 Å². The van der Waals surface area contributed by atoms with Gasteiger partial charge in [-0.2, -0.15) is 0 Å². The zero-order valence-corrected chi connectivity index (χ0v) is 9.29. The Hall–Kier alpha value is -1.20. The van der Waals surface area contributed by atoms with E-state index in [0.717, 1.165) is 11.3 Å². The summed E-state index contributed by atoms with van der Waals surface area (Å²) in [6.07, 6.45) is 5.35. The summed E-state index contributed by atoms with van der Waals surface area (Å²) in [4.78, 5) is 0. The molecule has 1 aromatic rings. The molecule has 0 bridgehead atoms. The summed E-state index contributed by atoms with van der Waals surface area (Å²) in [5.74, 6) is 3.45. The molecular weight excluding hydrogens is 176 g/mol. The molecule has 68 valence electrons. The lowest BCUT2D eigenvalue weighted by molar-refractivity contribution is 0.556. The molecule has 0 saturated heterocycles. The van der Waals surface area contributed by atoms with Gasteiger partial charge in [0.15, 0.2) is 0 Å². The largest absolute Gasteiger partial charge is 0.543 e. The molecule has 0 aromatic heterocycles. The van der Waals surface area contributed by atoms with Crippen LogP contribution in [0.15, 0.2) is 24.3 Å². The minimum Gasteiger partial charge on any atom is -0.543 e. The Balaban J connectivity index is 2.96. The molecule has 0 saturated carbocycles. The summed E-state index contributed by atoms with van der Waals surface area (Å²) < 4.78 is 5.82. The van der Waals surface area contributed by atoms with Crippen molar-refractivity contribution in [1.82, 2.24) is 0 Å². The Morgan fingerprint density at radius 3 is 2.38 bits per heavy atom. The van der Waals surface area contributed by atoms with E-state index in [4.69, 9.17) is 10.8 Å². The first-order chi connectivity index (χ1) is 6.03. The molecule has 1 aromatic carbocycles. The molecule has 0 N–H and O–H groups in total. The highest BCUT2D eigenvalue weighted by molar-refractivity contribution is 6.70. The van der Waals surface area contributed by atoms with Gasteiger partial charge in [-0.1, -0.05) is 18.1 Å². The van der Waals surface area contributed by atoms with E-state index in [1.807, 2.05) is 24.3 Å². The SMILES string of the molecule is C#Cc1ccccc1O[Si](C)(C)C. The monoisotopic (exact) mass is 190 g/mol. The molecule has 1 rings (SSSR count). The van der Waals surface area contributed by atoms with E-state index in [1.165, 1.54) is 0 Å². The second-order valence-electron chi connectivity index (χ2n) is 3.85. The maximum Gasteiger partial charge on any atom is 0.242 e. The number of para-hydroxylation sites is 1. The smallest absolute Gasteiger partial charge is 0.242 e. The summed E-state index contributed by atoms with van der Waals surface area (Å²) in [6, 6.07) is 7.69. The first kappa shape index (κ1) is 9.88. The van der Waals surface area contributed by atoms with Gasteiger partial charge in [0, 0.05) is 0 Å². The molecule has 0 amide bonds. The standard InChI is InChI=1S/C11H14OSi/c1-5-10-8-6-7-9-11(10)12-13(2,3)4/h1,6-9H,2-4H3. The molecule has 0 aliphatic heterocycles. The van der Waals surface area contributed by atoms with E-state index in [-0.39, 0.29) is 0 Å². The first-order valence-corrected chi connectivity index (χ1v) is 7.68. The summed E-state index contributed by atoms with van der Waals surface area (Å²) in [7, 11) is -1.54. The molecule has 2 heteroatoms. The average molecular weight is 190 g/mol. The third-order valence-electron chi connectivity index (χ3n) is 1.46. The number of hydrogen-bond acceptors (Lipinski definition) is 1. The summed E-state index contributed by atoms with van der Waals surface area (Å²) >= 11 is 0. The number of terminal acetylenes is 1. The predicted octanol–water partition coefficient (Wildman–Crippen LogP) is 2.88. The molecule has 0 aliphatic carbocycles. The van der Waals surface area contributed by atoms with Crippen LogP contribution in [0.1, 0.15) is 5.56 Å². The molecule has 0 spiro atoms. The third kappa shape index (κ3) is 2.96. The van der Waals surface area contributed by atoms with Crippen molar-refractivity contribution in [2.45, 2.75) is 19.6 Å². The normalized spacial score (nSPS) is 10.6. The van der Waals surface area contributed by atoms with Gasteiger partial charge < -0.3 is 4.43 Å². The maximum atomic E-state index is 5.82. The van der Waals surface area contributed by atoms with Gasteiger partial charge in [0.25, 0.3) is 0 Å². The van der Waals surface area contributed by atoms with Crippen LogP contribution >= 0.6 is 0 Å². The minimum atomic E-state index is -1.54. The zero-order valence-electron chi connectivity index (χ0n) is 8.29. The Morgan fingerprint density at radius 1 is 1.23 bits per heavy atom. The van der Waals surface area contributed by atoms with Gasteiger partial charge in [0.05, 0.1) is 5.56 Å². The van der Waals surface area contributed by atoms with Gasteiger partial charge in [0.2, 0.25) is 8.32 Å². The molecule has 13 heavy (non-hydrogen) atoms. The van der Waals surface area contributed by atoms with Crippen LogP contribution in [0.4, 0.5) is 0 Å². The van der Waals surface area contributed by atoms with Gasteiger partial charge in [-0.25, -0.2) is 0 Å². The lowest BCUT2D eigenvalue weighted by Gasteiger charge is -2.20. The van der Waals surface area contributed by atoms with Gasteiger partial charge >= 0.3 is 0 Å². The molecular formula is C11H14OSi. The lowest BCUT2D eigenvalue weighted by atomic mass is 10.2. The molecule has 0 aliphatic rings. The zero-order chi connectivity index (χ0) is 9.90. The van der Waals surface area contributed by atoms with Crippen molar-refractivity contribution < 1.29 is 4.43 Å². The van der Waals surface area contributed by atoms with Crippen molar-refractivity contribution in [2.75, 3.05) is 0 Å². The lowest BCUT2D eigenvalue weighted by Crippen LogP contribution is -2.29. The molecule has 0 fully saturated rings. The van der Waals surface area contributed by atoms with Crippen LogP contribution in [0.5, 0.6) is 5.75 Å². The van der Waals surface area contributed by atoms with Gasteiger partial charge in [-0.05, 0) is 31.8 Å². The van der Waals surface area contributed by atoms with E-state index in [0.29, 0.717) is 0 Å². The second kappa shape index (κ2) is 3.67. The van der Waals surface area contributed by atoms with E-state index in [1.54, 1.807) is 0 Å². The highest BCUT2D eigenvalue weighted by atomic mass is 28.4. The number of hydrogen-bond donors (Lipinski definition) is 0. The predicted molar refractivity (Wildman–Crippen MR) is 58.4 cm³/mol. The molecule has 0 radical (unpaired) electrons. The second-order valence-corrected chi connectivity index (χ2v) is 8.28. The van der Waals surface area contributed by atoms with Crippen LogP contribution in [0.25, 0.3) is 0 Å². The Kier molecular flexibility index (Phi) is 2.79. The molecule has 0 atom stereocenters. The highest BCUT2D eigenvalue weighted by Gasteiger charge is 2.17. The van der Waals surface area contributed by atoms with E-state index in [2.05, 4.69) is 25.6 Å². The van der Waals surface area contributed by atoms with Crippen LogP contribution in [0.3, 0.4) is 0 Å². The molecule has 1 nitrogen and oxygen atoms in total. The van der Waals surface area contributed by atoms with Crippen molar-refractivity contribution in [3.8, 4) is 18.1 Å². The van der Waals surface area contributed by atoms with Gasteiger partial charge in [-0.3, -0.25) is 0 Å². The highest BCUT2D eigenvalue weighted by Crippen LogP contribution is 2.20. The van der Waals surface area contributed by atoms with Crippen LogP contribution < -0.4 is 4.43 Å². The van der Waals surface area contributed by atoms with E-state index >= 15 is 0 Å². The summed E-state index contributed by atoms with van der Waals surface area (Å²) in [5.41, 5.74) is 0.838. The topological polar surface area (TPSA) is 9.23 Å². The number of benzene rings is 1. The van der Waals surface area contributed by atoms with Crippen molar-refractivity contribution in [3.63, 3.8) is 0 Å². The molecule has 0 heterocycles. The van der Waals surface area contributed by atoms with Crippen LogP contribution in [0, 0.1) is 12.3 Å². The van der Waals surface area contributed by atoms with Crippen LogP contribution in [-0.4, -0.2) is 8.32 Å². The third-order valence-corrected chi connectivity index (χ3v) is 2.29. The Bertz CT molecular complexity index is 331. The fraction of sp³-hybridized carbons (Fsp3) is 0.273. The fourth-order valence-corrected chi connectivity index (χ4v) is 1.84. The van der Waals surface area contributed by atoms with Crippen molar-refractivity contribution in [1.29, 1.82) is 0 Å². The fourth-order valence-electron chi connectivity index (χ4n) is 1.00. The molecule has 0 unspecified atom stereocenters. The van der Waals surface area contributed by atoms with Crippen LogP contribution in [-0.2, 0) is 0 Å². The van der Waals surface area contributed by atoms with Crippen molar-refractivity contribution in [3.05, 3.63) is 29.8 Å². The first-order valence-electron chi connectivity index (χ1n) is 4.27. The summed E-state index contributed by atoms with van der Waals surface area (Å²) in [5, 5.41) is 0. The van der Waals surface area contributed by atoms with Crippen molar-refractivity contribution in [2.24, 2.45) is 0 Å². The van der Waals surface area contributed by atoms with E-state index < -0.39 is 8.32 Å². The maximum absolute atomic E-state index is 5.82. The quantitative estimate of drug-likeness (QED) is 0.514.